The van der Waals surface area contributed by atoms with E-state index in [0.29, 0.717) is 7.62 Å². The molecule has 0 aliphatic carbocycles. The number of rotatable bonds is 3. The number of fused-ring (bicyclic) bond motifs is 1. The first-order valence-corrected chi connectivity index (χ1v) is 5.42. The summed E-state index contributed by atoms with van der Waals surface area (Å²) in [7, 11) is 2.15. The smallest absolute Gasteiger partial charge is 0.400 e. The molecule has 1 aromatic carbocycles. The Bertz CT molecular complexity index is 483. The number of nitrogens with zero attached hydrogens (tertiary/aromatic N) is 1. The van der Waals surface area contributed by atoms with Gasteiger partial charge >= 0.3 is 7.62 Å². The van der Waals surface area contributed by atoms with E-state index < -0.39 is 0 Å². The summed E-state index contributed by atoms with van der Waals surface area (Å²) in [4.78, 5) is 0. The molecule has 1 N–H and O–H groups in total. The minimum atomic E-state index is 0.0504. The Morgan fingerprint density at radius 3 is 3.00 bits per heavy atom. The third-order valence-corrected chi connectivity index (χ3v) is 2.86. The highest BCUT2D eigenvalue weighted by Crippen LogP contribution is 2.24. The molecule has 0 radical (unpaired) electrons. The van der Waals surface area contributed by atoms with Crippen LogP contribution in [0.25, 0.3) is 10.9 Å². The van der Waals surface area contributed by atoms with Crippen LogP contribution in [0.2, 0.25) is 0 Å². The number of halogens is 1. The fourth-order valence-electron chi connectivity index (χ4n) is 1.71. The largest absolute Gasteiger partial charge is 0.422 e. The number of aliphatic hydroxyl groups excluding tert-OH is 1. The standard InChI is InChI=1S/C10H11BBrNO2/c1-15-11-13-5-7(6-14)9-3-2-8(12)4-10(9)13/h2-5,11,14H,6H2,1H3. The van der Waals surface area contributed by atoms with Crippen LogP contribution in [0.4, 0.5) is 0 Å². The zero-order valence-corrected chi connectivity index (χ0v) is 9.99. The lowest BCUT2D eigenvalue weighted by molar-refractivity contribution is 0.283. The topological polar surface area (TPSA) is 34.4 Å². The van der Waals surface area contributed by atoms with Gasteiger partial charge in [0.2, 0.25) is 0 Å². The van der Waals surface area contributed by atoms with Crippen LogP contribution in [-0.2, 0) is 11.3 Å². The Kier molecular flexibility index (Phi) is 3.14. The minimum Gasteiger partial charge on any atom is -0.422 e. The van der Waals surface area contributed by atoms with Gasteiger partial charge in [0.15, 0.2) is 0 Å². The molecule has 0 atom stereocenters. The highest BCUT2D eigenvalue weighted by molar-refractivity contribution is 9.10. The fraction of sp³-hybridized carbons (Fsp3) is 0.200. The first kappa shape index (κ1) is 10.7. The molecule has 0 spiro atoms. The third kappa shape index (κ3) is 1.95. The predicted octanol–water partition coefficient (Wildman–Crippen LogP) is 1.66. The first-order valence-electron chi connectivity index (χ1n) is 4.63. The van der Waals surface area contributed by atoms with Crippen molar-refractivity contribution in [2.75, 3.05) is 7.11 Å². The third-order valence-electron chi connectivity index (χ3n) is 2.37. The monoisotopic (exact) mass is 267 g/mol. The van der Waals surface area contributed by atoms with Gasteiger partial charge in [-0.05, 0) is 18.3 Å². The molecule has 0 aliphatic rings. The first-order chi connectivity index (χ1) is 7.26. The van der Waals surface area contributed by atoms with E-state index in [1.54, 1.807) is 7.11 Å². The van der Waals surface area contributed by atoms with Gasteiger partial charge in [0.05, 0.1) is 6.61 Å². The maximum Gasteiger partial charge on any atom is 0.400 e. The van der Waals surface area contributed by atoms with E-state index in [0.717, 1.165) is 20.9 Å². The van der Waals surface area contributed by atoms with E-state index in [2.05, 4.69) is 15.9 Å². The van der Waals surface area contributed by atoms with Crippen molar-refractivity contribution in [1.82, 2.24) is 4.48 Å². The molecule has 0 saturated heterocycles. The van der Waals surface area contributed by atoms with Crippen molar-refractivity contribution in [1.29, 1.82) is 0 Å². The molecule has 2 rings (SSSR count). The molecule has 0 unspecified atom stereocenters. The average Bonchev–Trinajstić information content (AvgIpc) is 2.57. The molecule has 0 bridgehead atoms. The van der Waals surface area contributed by atoms with E-state index in [1.165, 1.54) is 0 Å². The average molecular weight is 268 g/mol. The minimum absolute atomic E-state index is 0.0504. The van der Waals surface area contributed by atoms with Crippen molar-refractivity contribution in [2.45, 2.75) is 6.61 Å². The molecular formula is C10H11BBrNO2. The lowest BCUT2D eigenvalue weighted by Crippen LogP contribution is -2.06. The summed E-state index contributed by atoms with van der Waals surface area (Å²) in [6.07, 6.45) is 1.92. The highest BCUT2D eigenvalue weighted by atomic mass is 79.9. The Hall–Kier alpha value is -0.775. The SMILES string of the molecule is COBn1cc(CO)c2ccc(Br)cc21. The van der Waals surface area contributed by atoms with Gasteiger partial charge in [-0.15, -0.1) is 0 Å². The van der Waals surface area contributed by atoms with Crippen LogP contribution in [0, 0.1) is 0 Å². The van der Waals surface area contributed by atoms with E-state index >= 15 is 0 Å². The number of hydrogen-bond donors (Lipinski definition) is 1. The van der Waals surface area contributed by atoms with Gasteiger partial charge < -0.3 is 14.2 Å². The summed E-state index contributed by atoms with van der Waals surface area (Å²) in [5.41, 5.74) is 1.99. The number of benzene rings is 1. The predicted molar refractivity (Wildman–Crippen MR) is 65.1 cm³/mol. The molecule has 0 fully saturated rings. The summed E-state index contributed by atoms with van der Waals surface area (Å²) in [6, 6.07) is 5.99. The highest BCUT2D eigenvalue weighted by Gasteiger charge is 2.08. The van der Waals surface area contributed by atoms with Crippen molar-refractivity contribution < 1.29 is 9.76 Å². The second kappa shape index (κ2) is 4.39. The second-order valence-corrected chi connectivity index (χ2v) is 4.28. The van der Waals surface area contributed by atoms with Crippen LogP contribution in [0.5, 0.6) is 0 Å². The number of hydrogen-bond acceptors (Lipinski definition) is 2. The van der Waals surface area contributed by atoms with E-state index in [1.807, 2.05) is 28.9 Å². The summed E-state index contributed by atoms with van der Waals surface area (Å²) in [5, 5.41) is 10.3. The number of aliphatic hydroxyl groups is 1. The van der Waals surface area contributed by atoms with Crippen molar-refractivity contribution in [3.8, 4) is 0 Å². The van der Waals surface area contributed by atoms with Gasteiger partial charge in [0, 0.05) is 28.0 Å². The summed E-state index contributed by atoms with van der Waals surface area (Å²) < 4.78 is 8.10. The van der Waals surface area contributed by atoms with Gasteiger partial charge in [0.25, 0.3) is 0 Å². The molecule has 2 aromatic rings. The Morgan fingerprint density at radius 1 is 1.53 bits per heavy atom. The van der Waals surface area contributed by atoms with E-state index in [-0.39, 0.29) is 6.61 Å². The van der Waals surface area contributed by atoms with Crippen LogP contribution in [0.1, 0.15) is 5.56 Å². The van der Waals surface area contributed by atoms with Crippen LogP contribution in [-0.4, -0.2) is 24.3 Å². The Labute approximate surface area is 97.1 Å². The summed E-state index contributed by atoms with van der Waals surface area (Å²) in [6.45, 7) is 0.0504. The van der Waals surface area contributed by atoms with Gasteiger partial charge in [-0.3, -0.25) is 0 Å². The molecular weight excluding hydrogens is 257 g/mol. The normalized spacial score (nSPS) is 10.9. The molecule has 78 valence electrons. The summed E-state index contributed by atoms with van der Waals surface area (Å²) in [5.74, 6) is 0. The van der Waals surface area contributed by atoms with Crippen molar-refractivity contribution in [3.05, 3.63) is 34.4 Å². The Balaban J connectivity index is 2.64. The zero-order valence-electron chi connectivity index (χ0n) is 8.40. The quantitative estimate of drug-likeness (QED) is 0.859. The van der Waals surface area contributed by atoms with Crippen LogP contribution >= 0.6 is 15.9 Å². The lowest BCUT2D eigenvalue weighted by atomic mass is 10.2. The lowest BCUT2D eigenvalue weighted by Gasteiger charge is -2.01. The maximum absolute atomic E-state index is 9.22. The zero-order chi connectivity index (χ0) is 10.8. The molecule has 1 heterocycles. The summed E-state index contributed by atoms with van der Waals surface area (Å²) >= 11 is 3.43. The van der Waals surface area contributed by atoms with Crippen molar-refractivity contribution in [3.63, 3.8) is 0 Å². The van der Waals surface area contributed by atoms with Gasteiger partial charge in [-0.1, -0.05) is 22.0 Å². The van der Waals surface area contributed by atoms with Gasteiger partial charge in [-0.25, -0.2) is 0 Å². The molecule has 15 heavy (non-hydrogen) atoms. The maximum atomic E-state index is 9.22. The molecule has 3 nitrogen and oxygen atoms in total. The molecule has 0 aliphatic heterocycles. The molecule has 1 aromatic heterocycles. The molecule has 5 heteroatoms. The molecule has 0 saturated carbocycles. The van der Waals surface area contributed by atoms with Crippen LogP contribution < -0.4 is 0 Å². The number of aromatic nitrogens is 1. The van der Waals surface area contributed by atoms with Gasteiger partial charge in [0.1, 0.15) is 0 Å². The van der Waals surface area contributed by atoms with E-state index in [9.17, 15) is 5.11 Å². The van der Waals surface area contributed by atoms with Crippen LogP contribution in [0.15, 0.2) is 28.9 Å². The second-order valence-electron chi connectivity index (χ2n) is 3.36. The van der Waals surface area contributed by atoms with Gasteiger partial charge in [-0.2, -0.15) is 0 Å². The van der Waals surface area contributed by atoms with E-state index in [4.69, 9.17) is 4.65 Å². The Morgan fingerprint density at radius 2 is 2.33 bits per heavy atom. The van der Waals surface area contributed by atoms with Crippen LogP contribution in [0.3, 0.4) is 0 Å². The van der Waals surface area contributed by atoms with Crippen molar-refractivity contribution in [2.24, 2.45) is 0 Å². The molecule has 0 amide bonds. The fourth-order valence-corrected chi connectivity index (χ4v) is 2.06. The van der Waals surface area contributed by atoms with Crippen molar-refractivity contribution >= 4 is 34.5 Å².